The molecule has 3 N–H and O–H groups in total. The van der Waals surface area contributed by atoms with Crippen LogP contribution in [0.4, 0.5) is 17.6 Å². The molecule has 7 nitrogen and oxygen atoms in total. The molecule has 2 fully saturated rings. The van der Waals surface area contributed by atoms with E-state index in [1.165, 1.54) is 18.5 Å². The number of rotatable bonds is 4. The average Bonchev–Trinajstić information content (AvgIpc) is 3.12. The molecule has 6 rings (SSSR count). The fourth-order valence-electron chi connectivity index (χ4n) is 3.88. The molecule has 4 aromatic rings. The van der Waals surface area contributed by atoms with Crippen molar-refractivity contribution in [2.24, 2.45) is 0 Å². The van der Waals surface area contributed by atoms with Crippen LogP contribution in [0.1, 0.15) is 30.9 Å². The van der Waals surface area contributed by atoms with Gasteiger partial charge in [-0.15, -0.1) is 11.3 Å². The van der Waals surface area contributed by atoms with Crippen molar-refractivity contribution in [3.05, 3.63) is 35.0 Å². The summed E-state index contributed by atoms with van der Waals surface area (Å²) in [6.45, 7) is 1.29. The second-order valence-electron chi connectivity index (χ2n) is 7.79. The number of nitrogens with zero attached hydrogens (tertiary/aromatic N) is 4. The van der Waals surface area contributed by atoms with E-state index in [1.807, 2.05) is 23.1 Å². The Balaban J connectivity index is 1.49. The first kappa shape index (κ1) is 17.4. The predicted molar refractivity (Wildman–Crippen MR) is 117 cm³/mol. The van der Waals surface area contributed by atoms with Crippen molar-refractivity contribution < 1.29 is 5.11 Å². The fourth-order valence-corrected chi connectivity index (χ4v) is 5.24. The quantitative estimate of drug-likeness (QED) is 0.447. The first-order chi connectivity index (χ1) is 14.1. The summed E-state index contributed by atoms with van der Waals surface area (Å²) in [5, 5.41) is 22.7. The van der Waals surface area contributed by atoms with E-state index in [9.17, 15) is 5.11 Å². The number of nitrogens with one attached hydrogen (secondary N) is 2. The molecule has 0 radical (unpaired) electrons. The molecule has 1 aromatic carbocycles. The second-order valence-corrected chi connectivity index (χ2v) is 9.28. The Kier molecular flexibility index (Phi) is 3.94. The molecule has 9 heteroatoms. The third kappa shape index (κ3) is 3.11. The highest BCUT2D eigenvalue weighted by atomic mass is 35.5. The summed E-state index contributed by atoms with van der Waals surface area (Å²) in [5.41, 5.74) is 2.07. The van der Waals surface area contributed by atoms with Gasteiger partial charge >= 0.3 is 0 Å². The third-order valence-corrected chi connectivity index (χ3v) is 6.96. The first-order valence-electron chi connectivity index (χ1n) is 9.79. The normalized spacial score (nSPS) is 19.5. The molecule has 3 aromatic heterocycles. The van der Waals surface area contributed by atoms with Gasteiger partial charge in [0.1, 0.15) is 0 Å². The maximum absolute atomic E-state index is 9.96. The maximum atomic E-state index is 9.96. The number of thiophene rings is 1. The largest absolute Gasteiger partial charge is 0.391 e. The van der Waals surface area contributed by atoms with Crippen LogP contribution in [0.25, 0.3) is 20.3 Å². The van der Waals surface area contributed by atoms with E-state index in [4.69, 9.17) is 21.6 Å². The molecule has 1 atom stereocenters. The summed E-state index contributed by atoms with van der Waals surface area (Å²) in [5.74, 6) is 2.73. The lowest BCUT2D eigenvalue weighted by Gasteiger charge is -2.16. The highest BCUT2D eigenvalue weighted by molar-refractivity contribution is 7.26. The highest BCUT2D eigenvalue weighted by Gasteiger charge is 2.27. The highest BCUT2D eigenvalue weighted by Crippen LogP contribution is 2.41. The summed E-state index contributed by atoms with van der Waals surface area (Å²) >= 11 is 7.83. The SMILES string of the molecule is O[C@H]1CCN(c2nc(Nc3cc(C4CC4)[nH]n3)c3sc4cc(Cl)ccc4c3n2)C1. The Labute approximate surface area is 175 Å². The van der Waals surface area contributed by atoms with Crippen LogP contribution in [-0.2, 0) is 0 Å². The lowest BCUT2D eigenvalue weighted by atomic mass is 10.2. The van der Waals surface area contributed by atoms with Gasteiger partial charge in [-0.3, -0.25) is 5.10 Å². The number of fused-ring (bicyclic) bond motifs is 3. The zero-order valence-electron chi connectivity index (χ0n) is 15.5. The standard InChI is InChI=1S/C20H19ClN6OS/c21-11-3-4-13-15(7-11)29-18-17(13)23-20(27-6-5-12(28)9-27)24-19(18)22-16-8-14(25-26-16)10-1-2-10/h3-4,7-8,10,12,28H,1-2,5-6,9H2,(H2,22,23,24,25,26)/t12-/m0/s1. The zero-order valence-corrected chi connectivity index (χ0v) is 17.1. The van der Waals surface area contributed by atoms with Crippen molar-refractivity contribution >= 4 is 60.8 Å². The molecular weight excluding hydrogens is 408 g/mol. The van der Waals surface area contributed by atoms with Crippen LogP contribution in [-0.4, -0.2) is 44.5 Å². The Hall–Kier alpha value is -2.42. The van der Waals surface area contributed by atoms with Crippen LogP contribution < -0.4 is 10.2 Å². The summed E-state index contributed by atoms with van der Waals surface area (Å²) in [7, 11) is 0. The number of aliphatic hydroxyl groups excluding tert-OH is 1. The molecule has 4 heterocycles. The van der Waals surface area contributed by atoms with Gasteiger partial charge in [0.05, 0.1) is 16.3 Å². The van der Waals surface area contributed by atoms with Gasteiger partial charge in [0.25, 0.3) is 0 Å². The first-order valence-corrected chi connectivity index (χ1v) is 11.0. The van der Waals surface area contributed by atoms with Crippen molar-refractivity contribution in [2.75, 3.05) is 23.3 Å². The maximum Gasteiger partial charge on any atom is 0.228 e. The number of β-amino-alcohol motifs (C(OH)–C–C–N with tert-alkyl or cyclic N) is 1. The van der Waals surface area contributed by atoms with Gasteiger partial charge in [0, 0.05) is 45.9 Å². The second kappa shape index (κ2) is 6.55. The molecule has 1 aliphatic heterocycles. The van der Waals surface area contributed by atoms with Crippen molar-refractivity contribution in [2.45, 2.75) is 31.3 Å². The molecule has 0 unspecified atom stereocenters. The Morgan fingerprint density at radius 1 is 1.21 bits per heavy atom. The van der Waals surface area contributed by atoms with E-state index in [2.05, 4.69) is 21.6 Å². The van der Waals surface area contributed by atoms with Crippen molar-refractivity contribution in [1.29, 1.82) is 0 Å². The minimum Gasteiger partial charge on any atom is -0.391 e. The summed E-state index contributed by atoms with van der Waals surface area (Å²) in [4.78, 5) is 11.7. The smallest absolute Gasteiger partial charge is 0.228 e. The molecule has 148 valence electrons. The van der Waals surface area contributed by atoms with E-state index in [0.29, 0.717) is 23.4 Å². The third-order valence-electron chi connectivity index (χ3n) is 5.57. The van der Waals surface area contributed by atoms with E-state index in [0.717, 1.165) is 44.9 Å². The Morgan fingerprint density at radius 3 is 2.90 bits per heavy atom. The average molecular weight is 427 g/mol. The number of halogens is 1. The molecule has 29 heavy (non-hydrogen) atoms. The van der Waals surface area contributed by atoms with Crippen LogP contribution in [0.2, 0.25) is 5.02 Å². The number of hydrogen-bond donors (Lipinski definition) is 3. The number of aromatic amines is 1. The van der Waals surface area contributed by atoms with Gasteiger partial charge in [-0.25, -0.2) is 4.98 Å². The van der Waals surface area contributed by atoms with E-state index < -0.39 is 0 Å². The molecule has 0 spiro atoms. The van der Waals surface area contributed by atoms with Gasteiger partial charge in [-0.1, -0.05) is 11.6 Å². The molecule has 0 bridgehead atoms. The van der Waals surface area contributed by atoms with Crippen LogP contribution in [0.3, 0.4) is 0 Å². The molecule has 0 amide bonds. The molecule has 1 saturated heterocycles. The van der Waals surface area contributed by atoms with E-state index >= 15 is 0 Å². The van der Waals surface area contributed by atoms with Gasteiger partial charge in [-0.2, -0.15) is 10.1 Å². The molecular formula is C20H19ClN6OS. The van der Waals surface area contributed by atoms with Gasteiger partial charge < -0.3 is 15.3 Å². The minimum atomic E-state index is -0.337. The van der Waals surface area contributed by atoms with Crippen LogP contribution >= 0.6 is 22.9 Å². The van der Waals surface area contributed by atoms with E-state index in [1.54, 1.807) is 11.3 Å². The number of hydrogen-bond acceptors (Lipinski definition) is 7. The number of aliphatic hydroxyl groups is 1. The Bertz CT molecular complexity index is 1230. The van der Waals surface area contributed by atoms with Crippen LogP contribution in [0.15, 0.2) is 24.3 Å². The summed E-state index contributed by atoms with van der Waals surface area (Å²) in [6.07, 6.45) is 2.83. The number of benzene rings is 1. The van der Waals surface area contributed by atoms with Crippen molar-refractivity contribution in [3.8, 4) is 0 Å². The lowest BCUT2D eigenvalue weighted by Crippen LogP contribution is -2.23. The van der Waals surface area contributed by atoms with Crippen molar-refractivity contribution in [1.82, 2.24) is 20.2 Å². The van der Waals surface area contributed by atoms with Crippen LogP contribution in [0.5, 0.6) is 0 Å². The molecule has 1 saturated carbocycles. The van der Waals surface area contributed by atoms with Gasteiger partial charge in [0.15, 0.2) is 11.6 Å². The summed E-state index contributed by atoms with van der Waals surface area (Å²) < 4.78 is 2.05. The van der Waals surface area contributed by atoms with Gasteiger partial charge in [0.2, 0.25) is 5.95 Å². The van der Waals surface area contributed by atoms with Crippen molar-refractivity contribution in [3.63, 3.8) is 0 Å². The van der Waals surface area contributed by atoms with Gasteiger partial charge in [-0.05, 0) is 37.5 Å². The fraction of sp³-hybridized carbons (Fsp3) is 0.350. The molecule has 2 aliphatic rings. The molecule has 1 aliphatic carbocycles. The van der Waals surface area contributed by atoms with Crippen LogP contribution in [0, 0.1) is 0 Å². The minimum absolute atomic E-state index is 0.337. The zero-order chi connectivity index (χ0) is 19.5. The number of anilines is 3. The predicted octanol–water partition coefficient (Wildman–Crippen LogP) is 4.41. The monoisotopic (exact) mass is 426 g/mol. The van der Waals surface area contributed by atoms with E-state index in [-0.39, 0.29) is 6.10 Å². The number of H-pyrrole nitrogens is 1. The summed E-state index contributed by atoms with van der Waals surface area (Å²) in [6, 6.07) is 7.93. The Morgan fingerprint density at radius 2 is 2.10 bits per heavy atom. The lowest BCUT2D eigenvalue weighted by molar-refractivity contribution is 0.198. The topological polar surface area (TPSA) is 90.0 Å². The number of aromatic nitrogens is 4.